The van der Waals surface area contributed by atoms with Gasteiger partial charge in [-0.15, -0.1) is 0 Å². The lowest BCUT2D eigenvalue weighted by Gasteiger charge is -2.05. The van der Waals surface area contributed by atoms with Gasteiger partial charge in [-0.2, -0.15) is 5.26 Å². The Morgan fingerprint density at radius 2 is 2.31 bits per heavy atom. The lowest BCUT2D eigenvalue weighted by Crippen LogP contribution is -1.91. The Balaban J connectivity index is 3.25. The summed E-state index contributed by atoms with van der Waals surface area (Å²) in [6.45, 7) is 3.31. The highest BCUT2D eigenvalue weighted by molar-refractivity contribution is 6.30. The fraction of sp³-hybridized carbons (Fsp3) is 0.100. The second-order valence-electron chi connectivity index (χ2n) is 2.48. The summed E-state index contributed by atoms with van der Waals surface area (Å²) in [7, 11) is 0. The number of alkyl halides is 1. The van der Waals surface area contributed by atoms with E-state index in [0.29, 0.717) is 5.02 Å². The fourth-order valence-corrected chi connectivity index (χ4v) is 1.17. The van der Waals surface area contributed by atoms with E-state index in [9.17, 15) is 4.39 Å². The van der Waals surface area contributed by atoms with Crippen LogP contribution in [0.25, 0.3) is 0 Å². The maximum absolute atomic E-state index is 13.2. The summed E-state index contributed by atoms with van der Waals surface area (Å²) in [5.41, 5.74) is 0.557. The monoisotopic (exact) mass is 195 g/mol. The van der Waals surface area contributed by atoms with Gasteiger partial charge in [-0.3, -0.25) is 0 Å². The number of benzene rings is 1. The van der Waals surface area contributed by atoms with Gasteiger partial charge in [0, 0.05) is 10.6 Å². The van der Waals surface area contributed by atoms with E-state index in [1.165, 1.54) is 12.1 Å². The van der Waals surface area contributed by atoms with E-state index in [-0.39, 0.29) is 11.1 Å². The van der Waals surface area contributed by atoms with E-state index in [1.54, 1.807) is 6.07 Å². The molecule has 0 saturated heterocycles. The molecule has 0 heterocycles. The van der Waals surface area contributed by atoms with E-state index in [0.717, 1.165) is 6.08 Å². The van der Waals surface area contributed by atoms with Crippen molar-refractivity contribution < 1.29 is 4.39 Å². The lowest BCUT2D eigenvalue weighted by atomic mass is 10.0. The Kier molecular flexibility index (Phi) is 3.05. The molecule has 1 atom stereocenters. The van der Waals surface area contributed by atoms with Gasteiger partial charge in [0.2, 0.25) is 0 Å². The molecule has 13 heavy (non-hydrogen) atoms. The Morgan fingerprint density at radius 3 is 2.85 bits per heavy atom. The van der Waals surface area contributed by atoms with Crippen LogP contribution < -0.4 is 0 Å². The van der Waals surface area contributed by atoms with Gasteiger partial charge in [-0.25, -0.2) is 4.39 Å². The van der Waals surface area contributed by atoms with Gasteiger partial charge in [-0.1, -0.05) is 24.3 Å². The maximum Gasteiger partial charge on any atom is 0.144 e. The Bertz CT molecular complexity index is 368. The SMILES string of the molecule is C=CC(F)c1cc(Cl)ccc1C#N. The van der Waals surface area contributed by atoms with Gasteiger partial charge in [0.25, 0.3) is 0 Å². The molecule has 66 valence electrons. The zero-order valence-corrected chi connectivity index (χ0v) is 7.55. The molecule has 1 rings (SSSR count). The highest BCUT2D eigenvalue weighted by Gasteiger charge is 2.10. The van der Waals surface area contributed by atoms with Crippen LogP contribution in [0.3, 0.4) is 0 Å². The molecule has 0 bridgehead atoms. The molecule has 0 aliphatic carbocycles. The Hall–Kier alpha value is -1.33. The quantitative estimate of drug-likeness (QED) is 0.664. The summed E-state index contributed by atoms with van der Waals surface area (Å²) >= 11 is 5.66. The molecule has 1 aromatic carbocycles. The molecule has 0 N–H and O–H groups in total. The number of allylic oxidation sites excluding steroid dienone is 1. The van der Waals surface area contributed by atoms with Crippen LogP contribution in [0.1, 0.15) is 17.3 Å². The molecule has 0 aliphatic rings. The molecule has 0 aliphatic heterocycles. The highest BCUT2D eigenvalue weighted by Crippen LogP contribution is 2.25. The molecule has 3 heteroatoms. The van der Waals surface area contributed by atoms with E-state index in [1.807, 2.05) is 6.07 Å². The van der Waals surface area contributed by atoms with Crippen LogP contribution in [-0.2, 0) is 0 Å². The van der Waals surface area contributed by atoms with Gasteiger partial charge in [-0.05, 0) is 18.2 Å². The second kappa shape index (κ2) is 4.06. The third-order valence-electron chi connectivity index (χ3n) is 1.64. The van der Waals surface area contributed by atoms with E-state index < -0.39 is 6.17 Å². The maximum atomic E-state index is 13.2. The minimum Gasteiger partial charge on any atom is -0.238 e. The largest absolute Gasteiger partial charge is 0.238 e. The van der Waals surface area contributed by atoms with Crippen LogP contribution in [0.5, 0.6) is 0 Å². The normalized spacial score (nSPS) is 11.8. The zero-order valence-electron chi connectivity index (χ0n) is 6.80. The van der Waals surface area contributed by atoms with Crippen molar-refractivity contribution in [3.8, 4) is 6.07 Å². The predicted octanol–water partition coefficient (Wildman–Crippen LogP) is 3.41. The van der Waals surface area contributed by atoms with Crippen molar-refractivity contribution in [2.75, 3.05) is 0 Å². The molecular formula is C10H7ClFN. The van der Waals surface area contributed by atoms with Crippen molar-refractivity contribution in [3.05, 3.63) is 47.0 Å². The van der Waals surface area contributed by atoms with E-state index >= 15 is 0 Å². The van der Waals surface area contributed by atoms with Gasteiger partial charge in [0.15, 0.2) is 0 Å². The fourth-order valence-electron chi connectivity index (χ4n) is 0.991. The predicted molar refractivity (Wildman–Crippen MR) is 50.2 cm³/mol. The van der Waals surface area contributed by atoms with Crippen molar-refractivity contribution in [1.82, 2.24) is 0 Å². The summed E-state index contributed by atoms with van der Waals surface area (Å²) in [5, 5.41) is 9.07. The van der Waals surface area contributed by atoms with Gasteiger partial charge >= 0.3 is 0 Å². The average Bonchev–Trinajstić information content (AvgIpc) is 2.16. The smallest absolute Gasteiger partial charge is 0.144 e. The van der Waals surface area contributed by atoms with Gasteiger partial charge in [0.1, 0.15) is 6.17 Å². The average molecular weight is 196 g/mol. The summed E-state index contributed by atoms with van der Waals surface area (Å²) < 4.78 is 13.2. The molecule has 0 aromatic heterocycles. The molecule has 0 amide bonds. The molecule has 0 fully saturated rings. The van der Waals surface area contributed by atoms with Crippen LogP contribution in [0.2, 0.25) is 5.02 Å². The lowest BCUT2D eigenvalue weighted by molar-refractivity contribution is 0.414. The number of rotatable bonds is 2. The molecule has 0 saturated carbocycles. The highest BCUT2D eigenvalue weighted by atomic mass is 35.5. The van der Waals surface area contributed by atoms with Gasteiger partial charge < -0.3 is 0 Å². The number of nitriles is 1. The molecule has 1 nitrogen and oxygen atoms in total. The van der Waals surface area contributed by atoms with Crippen molar-refractivity contribution in [2.24, 2.45) is 0 Å². The number of halogens is 2. The van der Waals surface area contributed by atoms with Crippen LogP contribution in [0, 0.1) is 11.3 Å². The first-order valence-corrected chi connectivity index (χ1v) is 4.03. The number of nitrogens with zero attached hydrogens (tertiary/aromatic N) is 1. The van der Waals surface area contributed by atoms with E-state index in [4.69, 9.17) is 16.9 Å². The van der Waals surface area contributed by atoms with Crippen LogP contribution >= 0.6 is 11.6 Å². The van der Waals surface area contributed by atoms with Crippen molar-refractivity contribution >= 4 is 11.6 Å². The van der Waals surface area contributed by atoms with Crippen molar-refractivity contribution in [1.29, 1.82) is 5.26 Å². The van der Waals surface area contributed by atoms with Crippen molar-refractivity contribution in [2.45, 2.75) is 6.17 Å². The first-order chi connectivity index (χ1) is 6.19. The number of hydrogen-bond acceptors (Lipinski definition) is 1. The minimum absolute atomic E-state index is 0.269. The Labute approximate surface area is 81.1 Å². The standard InChI is InChI=1S/C10H7ClFN/c1-2-10(12)9-5-8(11)4-3-7(9)6-13/h2-5,10H,1H2. The first-order valence-electron chi connectivity index (χ1n) is 3.65. The molecule has 1 unspecified atom stereocenters. The third-order valence-corrected chi connectivity index (χ3v) is 1.87. The molecular weight excluding hydrogens is 189 g/mol. The summed E-state index contributed by atoms with van der Waals surface area (Å²) in [6.07, 6.45) is -0.208. The van der Waals surface area contributed by atoms with Crippen LogP contribution in [-0.4, -0.2) is 0 Å². The summed E-state index contributed by atoms with van der Waals surface area (Å²) in [4.78, 5) is 0. The topological polar surface area (TPSA) is 23.8 Å². The number of hydrogen-bond donors (Lipinski definition) is 0. The third kappa shape index (κ3) is 2.07. The van der Waals surface area contributed by atoms with Crippen LogP contribution in [0.4, 0.5) is 4.39 Å². The van der Waals surface area contributed by atoms with Gasteiger partial charge in [0.05, 0.1) is 11.6 Å². The molecule has 0 radical (unpaired) electrons. The molecule has 0 spiro atoms. The van der Waals surface area contributed by atoms with Crippen molar-refractivity contribution in [3.63, 3.8) is 0 Å². The Morgan fingerprint density at radius 1 is 1.62 bits per heavy atom. The summed E-state index contributed by atoms with van der Waals surface area (Å²) in [6, 6.07) is 6.38. The summed E-state index contributed by atoms with van der Waals surface area (Å²) in [5.74, 6) is 0. The minimum atomic E-state index is -1.34. The first kappa shape index (κ1) is 9.76. The van der Waals surface area contributed by atoms with E-state index in [2.05, 4.69) is 6.58 Å². The zero-order chi connectivity index (χ0) is 9.84. The molecule has 1 aromatic rings. The van der Waals surface area contributed by atoms with Crippen LogP contribution in [0.15, 0.2) is 30.9 Å². The second-order valence-corrected chi connectivity index (χ2v) is 2.92.